The second-order valence-corrected chi connectivity index (χ2v) is 5.66. The maximum atomic E-state index is 11.8. The summed E-state index contributed by atoms with van der Waals surface area (Å²) in [4.78, 5) is 14.2. The number of rotatable bonds is 6. The van der Waals surface area contributed by atoms with Crippen LogP contribution in [0.4, 0.5) is 0 Å². The van der Waals surface area contributed by atoms with Gasteiger partial charge in [0.05, 0.1) is 0 Å². The number of amides is 1. The first-order valence-corrected chi connectivity index (χ1v) is 7.31. The van der Waals surface area contributed by atoms with Crippen molar-refractivity contribution in [3.63, 3.8) is 0 Å². The number of piperidine rings is 1. The summed E-state index contributed by atoms with van der Waals surface area (Å²) in [6.07, 6.45) is 3.95. The van der Waals surface area contributed by atoms with Crippen LogP contribution in [0.5, 0.6) is 0 Å². The van der Waals surface area contributed by atoms with Gasteiger partial charge in [-0.15, -0.1) is 0 Å². The molecule has 0 aromatic rings. The molecule has 0 bridgehead atoms. The minimum Gasteiger partial charge on any atom is -0.356 e. The SMILES string of the molecule is CCCNC(=O)CC(CN)N1CCC(C)CC1C. The molecular weight excluding hydrogens is 226 g/mol. The summed E-state index contributed by atoms with van der Waals surface area (Å²) in [7, 11) is 0. The molecule has 1 heterocycles. The van der Waals surface area contributed by atoms with Gasteiger partial charge in [0.25, 0.3) is 0 Å². The molecule has 0 spiro atoms. The third-order valence-electron chi connectivity index (χ3n) is 3.92. The Labute approximate surface area is 111 Å². The van der Waals surface area contributed by atoms with Crippen molar-refractivity contribution in [2.24, 2.45) is 11.7 Å². The van der Waals surface area contributed by atoms with Crippen molar-refractivity contribution in [3.05, 3.63) is 0 Å². The van der Waals surface area contributed by atoms with Crippen molar-refractivity contribution >= 4 is 5.91 Å². The van der Waals surface area contributed by atoms with Gasteiger partial charge < -0.3 is 11.1 Å². The zero-order chi connectivity index (χ0) is 13.5. The lowest BCUT2D eigenvalue weighted by atomic mass is 9.91. The van der Waals surface area contributed by atoms with E-state index in [1.54, 1.807) is 0 Å². The van der Waals surface area contributed by atoms with E-state index >= 15 is 0 Å². The predicted octanol–water partition coefficient (Wildman–Crippen LogP) is 1.35. The molecule has 1 fully saturated rings. The summed E-state index contributed by atoms with van der Waals surface area (Å²) in [5.74, 6) is 0.932. The van der Waals surface area contributed by atoms with Crippen LogP contribution in [0.2, 0.25) is 0 Å². The molecule has 1 aliphatic rings. The molecule has 0 aromatic heterocycles. The monoisotopic (exact) mass is 255 g/mol. The van der Waals surface area contributed by atoms with E-state index in [0.717, 1.165) is 25.4 Å². The van der Waals surface area contributed by atoms with Gasteiger partial charge in [0.15, 0.2) is 0 Å². The Morgan fingerprint density at radius 1 is 1.50 bits per heavy atom. The topological polar surface area (TPSA) is 58.4 Å². The van der Waals surface area contributed by atoms with Crippen molar-refractivity contribution in [3.8, 4) is 0 Å². The molecule has 1 rings (SSSR count). The highest BCUT2D eigenvalue weighted by molar-refractivity contribution is 5.76. The van der Waals surface area contributed by atoms with E-state index in [9.17, 15) is 4.79 Å². The largest absolute Gasteiger partial charge is 0.356 e. The van der Waals surface area contributed by atoms with Crippen LogP contribution in [-0.4, -0.2) is 42.5 Å². The van der Waals surface area contributed by atoms with Gasteiger partial charge in [-0.25, -0.2) is 0 Å². The number of hydrogen-bond acceptors (Lipinski definition) is 3. The van der Waals surface area contributed by atoms with E-state index in [1.165, 1.54) is 12.8 Å². The highest BCUT2D eigenvalue weighted by Gasteiger charge is 2.29. The number of nitrogens with one attached hydrogen (secondary N) is 1. The molecule has 0 aliphatic carbocycles. The van der Waals surface area contributed by atoms with E-state index < -0.39 is 0 Å². The van der Waals surface area contributed by atoms with Crippen LogP contribution in [-0.2, 0) is 4.79 Å². The number of carbonyl (C=O) groups is 1. The Hall–Kier alpha value is -0.610. The van der Waals surface area contributed by atoms with Crippen molar-refractivity contribution in [2.45, 2.75) is 58.5 Å². The molecule has 3 N–H and O–H groups in total. The van der Waals surface area contributed by atoms with E-state index in [4.69, 9.17) is 5.73 Å². The van der Waals surface area contributed by atoms with Gasteiger partial charge in [-0.1, -0.05) is 13.8 Å². The van der Waals surface area contributed by atoms with Gasteiger partial charge in [0.1, 0.15) is 0 Å². The number of carbonyl (C=O) groups excluding carboxylic acids is 1. The molecule has 0 saturated carbocycles. The lowest BCUT2D eigenvalue weighted by Crippen LogP contribution is -2.51. The van der Waals surface area contributed by atoms with Crippen LogP contribution in [0.25, 0.3) is 0 Å². The summed E-state index contributed by atoms with van der Waals surface area (Å²) < 4.78 is 0. The van der Waals surface area contributed by atoms with E-state index in [1.807, 2.05) is 0 Å². The summed E-state index contributed by atoms with van der Waals surface area (Å²) in [5.41, 5.74) is 5.86. The molecule has 1 saturated heterocycles. The number of nitrogens with zero attached hydrogens (tertiary/aromatic N) is 1. The maximum Gasteiger partial charge on any atom is 0.221 e. The first kappa shape index (κ1) is 15.4. The molecular formula is C14H29N3O. The summed E-state index contributed by atoms with van der Waals surface area (Å²) in [6, 6.07) is 0.741. The van der Waals surface area contributed by atoms with Crippen molar-refractivity contribution in [1.82, 2.24) is 10.2 Å². The van der Waals surface area contributed by atoms with Gasteiger partial charge in [0, 0.05) is 31.6 Å². The minimum absolute atomic E-state index is 0.137. The molecule has 0 aromatic carbocycles. The average molecular weight is 255 g/mol. The quantitative estimate of drug-likeness (QED) is 0.753. The third kappa shape index (κ3) is 4.58. The number of hydrogen-bond donors (Lipinski definition) is 2. The van der Waals surface area contributed by atoms with Crippen LogP contribution in [0.3, 0.4) is 0 Å². The van der Waals surface area contributed by atoms with Gasteiger partial charge in [-0.2, -0.15) is 0 Å². The molecule has 18 heavy (non-hydrogen) atoms. The first-order valence-electron chi connectivity index (χ1n) is 7.31. The molecule has 1 aliphatic heterocycles. The van der Waals surface area contributed by atoms with Crippen LogP contribution in [0.1, 0.15) is 46.5 Å². The summed E-state index contributed by atoms with van der Waals surface area (Å²) in [6.45, 7) is 9.03. The Morgan fingerprint density at radius 3 is 2.78 bits per heavy atom. The lowest BCUT2D eigenvalue weighted by Gasteiger charge is -2.41. The van der Waals surface area contributed by atoms with Crippen molar-refractivity contribution in [2.75, 3.05) is 19.6 Å². The van der Waals surface area contributed by atoms with E-state index in [2.05, 4.69) is 31.0 Å². The van der Waals surface area contributed by atoms with Crippen LogP contribution in [0, 0.1) is 5.92 Å². The van der Waals surface area contributed by atoms with Gasteiger partial charge >= 0.3 is 0 Å². The standard InChI is InChI=1S/C14H29N3O/c1-4-6-16-14(18)9-13(10-15)17-7-5-11(2)8-12(17)3/h11-13H,4-10,15H2,1-3H3,(H,16,18). The van der Waals surface area contributed by atoms with E-state index in [0.29, 0.717) is 19.0 Å². The first-order chi connectivity index (χ1) is 8.58. The summed E-state index contributed by atoms with van der Waals surface area (Å²) >= 11 is 0. The average Bonchev–Trinajstić information content (AvgIpc) is 2.34. The second kappa shape index (κ2) is 7.74. The molecule has 1 amide bonds. The Morgan fingerprint density at radius 2 is 2.22 bits per heavy atom. The molecule has 3 atom stereocenters. The Bertz CT molecular complexity index is 257. The number of likely N-dealkylation sites (tertiary alicyclic amines) is 1. The molecule has 4 heteroatoms. The fourth-order valence-corrected chi connectivity index (χ4v) is 2.85. The molecule has 3 unspecified atom stereocenters. The second-order valence-electron chi connectivity index (χ2n) is 5.66. The molecule has 4 nitrogen and oxygen atoms in total. The zero-order valence-corrected chi connectivity index (χ0v) is 12.1. The van der Waals surface area contributed by atoms with Gasteiger partial charge in [-0.05, 0) is 38.6 Å². The van der Waals surface area contributed by atoms with Crippen LogP contribution >= 0.6 is 0 Å². The molecule has 0 radical (unpaired) electrons. The zero-order valence-electron chi connectivity index (χ0n) is 12.1. The fourth-order valence-electron chi connectivity index (χ4n) is 2.85. The highest BCUT2D eigenvalue weighted by atomic mass is 16.1. The van der Waals surface area contributed by atoms with Gasteiger partial charge in [-0.3, -0.25) is 9.69 Å². The van der Waals surface area contributed by atoms with Crippen LogP contribution in [0.15, 0.2) is 0 Å². The number of nitrogens with two attached hydrogens (primary N) is 1. The van der Waals surface area contributed by atoms with Gasteiger partial charge in [0.2, 0.25) is 5.91 Å². The molecule has 106 valence electrons. The van der Waals surface area contributed by atoms with Crippen molar-refractivity contribution in [1.29, 1.82) is 0 Å². The Kier molecular flexibility index (Phi) is 6.65. The normalized spacial score (nSPS) is 26.9. The lowest BCUT2D eigenvalue weighted by molar-refractivity contribution is -0.122. The van der Waals surface area contributed by atoms with Crippen molar-refractivity contribution < 1.29 is 4.79 Å². The smallest absolute Gasteiger partial charge is 0.221 e. The van der Waals surface area contributed by atoms with Crippen LogP contribution < -0.4 is 11.1 Å². The Balaban J connectivity index is 2.47. The summed E-state index contributed by atoms with van der Waals surface area (Å²) in [5, 5.41) is 2.94. The minimum atomic E-state index is 0.137. The predicted molar refractivity (Wildman–Crippen MR) is 75.3 cm³/mol. The fraction of sp³-hybridized carbons (Fsp3) is 0.929. The highest BCUT2D eigenvalue weighted by Crippen LogP contribution is 2.24. The third-order valence-corrected chi connectivity index (χ3v) is 3.92. The van der Waals surface area contributed by atoms with E-state index in [-0.39, 0.29) is 11.9 Å². The maximum absolute atomic E-state index is 11.8.